The number of hydrogen-bond acceptors (Lipinski definition) is 4. The lowest BCUT2D eigenvalue weighted by atomic mass is 10.3. The van der Waals surface area contributed by atoms with E-state index in [9.17, 15) is 13.2 Å². The third kappa shape index (κ3) is 4.52. The van der Waals surface area contributed by atoms with Crippen LogP contribution in [0.15, 0.2) is 17.0 Å². The second kappa shape index (κ2) is 6.62. The van der Waals surface area contributed by atoms with Gasteiger partial charge in [-0.1, -0.05) is 23.2 Å². The molecule has 0 aliphatic rings. The van der Waals surface area contributed by atoms with Crippen LogP contribution in [0.1, 0.15) is 13.8 Å². The largest absolute Gasteiger partial charge is 0.399 e. The molecule has 0 bridgehead atoms. The van der Waals surface area contributed by atoms with Crippen LogP contribution in [0.2, 0.25) is 10.0 Å². The average Bonchev–Trinajstić information content (AvgIpc) is 2.23. The van der Waals surface area contributed by atoms with Gasteiger partial charge in [-0.2, -0.15) is 0 Å². The molecule has 0 saturated heterocycles. The lowest BCUT2D eigenvalue weighted by molar-refractivity contribution is -0.120. The molecule has 0 aliphatic carbocycles. The van der Waals surface area contributed by atoms with Gasteiger partial charge in [0.05, 0.1) is 16.6 Å². The van der Waals surface area contributed by atoms with Crippen molar-refractivity contribution in [2.75, 3.05) is 12.3 Å². The highest BCUT2D eigenvalue weighted by atomic mass is 35.5. The van der Waals surface area contributed by atoms with Crippen LogP contribution in [0.25, 0.3) is 0 Å². The highest BCUT2D eigenvalue weighted by molar-refractivity contribution is 7.89. The van der Waals surface area contributed by atoms with Gasteiger partial charge < -0.3 is 11.1 Å². The zero-order valence-electron chi connectivity index (χ0n) is 10.9. The Morgan fingerprint density at radius 2 is 1.80 bits per heavy atom. The Hall–Kier alpha value is -1.02. The fourth-order valence-electron chi connectivity index (χ4n) is 1.44. The summed E-state index contributed by atoms with van der Waals surface area (Å²) < 4.78 is 26.3. The number of hydrogen-bond donors (Lipinski definition) is 3. The normalized spacial score (nSPS) is 11.7. The van der Waals surface area contributed by atoms with Gasteiger partial charge in [-0.25, -0.2) is 13.1 Å². The molecule has 0 aliphatic heterocycles. The summed E-state index contributed by atoms with van der Waals surface area (Å²) in [7, 11) is -4.00. The Morgan fingerprint density at radius 1 is 1.30 bits per heavy atom. The molecular weight excluding hydrogens is 325 g/mol. The van der Waals surface area contributed by atoms with Crippen molar-refractivity contribution in [3.05, 3.63) is 22.2 Å². The molecule has 1 rings (SSSR count). The monoisotopic (exact) mass is 339 g/mol. The number of nitrogens with two attached hydrogens (primary N) is 1. The lowest BCUT2D eigenvalue weighted by Gasteiger charge is -2.12. The Morgan fingerprint density at radius 3 is 2.25 bits per heavy atom. The molecule has 1 aromatic rings. The van der Waals surface area contributed by atoms with Gasteiger partial charge in [0.2, 0.25) is 15.9 Å². The van der Waals surface area contributed by atoms with E-state index in [-0.39, 0.29) is 26.7 Å². The van der Waals surface area contributed by atoms with Crippen molar-refractivity contribution in [2.45, 2.75) is 24.8 Å². The van der Waals surface area contributed by atoms with Crippen LogP contribution in [0.5, 0.6) is 0 Å². The summed E-state index contributed by atoms with van der Waals surface area (Å²) in [6.07, 6.45) is 0. The number of halogens is 2. The molecule has 20 heavy (non-hydrogen) atoms. The first-order valence-corrected chi connectivity index (χ1v) is 7.91. The number of sulfonamides is 1. The lowest BCUT2D eigenvalue weighted by Crippen LogP contribution is -2.39. The molecule has 0 saturated carbocycles. The van der Waals surface area contributed by atoms with Gasteiger partial charge in [0, 0.05) is 11.7 Å². The standard InChI is InChI=1S/C11H15Cl2N3O3S/c1-6(2)16-10(17)5-15-20(18,19)11-8(12)3-7(14)4-9(11)13/h3-4,6,15H,5,14H2,1-2H3,(H,16,17). The number of amides is 1. The third-order valence-electron chi connectivity index (χ3n) is 2.16. The smallest absolute Gasteiger partial charge is 0.244 e. The number of benzene rings is 1. The summed E-state index contributed by atoms with van der Waals surface area (Å²) in [5.41, 5.74) is 5.75. The van der Waals surface area contributed by atoms with Crippen LogP contribution in [-0.4, -0.2) is 26.9 Å². The van der Waals surface area contributed by atoms with Gasteiger partial charge in [-0.3, -0.25) is 4.79 Å². The molecule has 0 radical (unpaired) electrons. The van der Waals surface area contributed by atoms with E-state index in [1.165, 1.54) is 12.1 Å². The van der Waals surface area contributed by atoms with E-state index in [2.05, 4.69) is 10.0 Å². The fraction of sp³-hybridized carbons (Fsp3) is 0.364. The molecule has 0 aromatic heterocycles. The summed E-state index contributed by atoms with van der Waals surface area (Å²) >= 11 is 11.7. The van der Waals surface area contributed by atoms with Crippen LogP contribution in [0, 0.1) is 0 Å². The Labute approximate surface area is 127 Å². The summed E-state index contributed by atoms with van der Waals surface area (Å²) in [5, 5.41) is 2.34. The van der Waals surface area contributed by atoms with E-state index in [1.807, 2.05) is 0 Å². The van der Waals surface area contributed by atoms with Crippen LogP contribution in [0.4, 0.5) is 5.69 Å². The molecule has 1 amide bonds. The molecule has 0 fully saturated rings. The molecule has 0 heterocycles. The van der Waals surface area contributed by atoms with E-state index in [0.29, 0.717) is 0 Å². The zero-order valence-corrected chi connectivity index (χ0v) is 13.2. The molecule has 9 heteroatoms. The fourth-order valence-corrected chi connectivity index (χ4v) is 3.65. The first-order valence-electron chi connectivity index (χ1n) is 5.67. The van der Waals surface area contributed by atoms with Crippen molar-refractivity contribution < 1.29 is 13.2 Å². The molecular formula is C11H15Cl2N3O3S. The van der Waals surface area contributed by atoms with Crippen molar-refractivity contribution in [3.63, 3.8) is 0 Å². The Bertz CT molecular complexity index is 594. The van der Waals surface area contributed by atoms with Crippen molar-refractivity contribution in [2.24, 2.45) is 0 Å². The number of nitrogen functional groups attached to an aromatic ring is 1. The van der Waals surface area contributed by atoms with Crippen LogP contribution in [-0.2, 0) is 14.8 Å². The highest BCUT2D eigenvalue weighted by Gasteiger charge is 2.23. The van der Waals surface area contributed by atoms with E-state index in [4.69, 9.17) is 28.9 Å². The average molecular weight is 340 g/mol. The van der Waals surface area contributed by atoms with Gasteiger partial charge in [0.25, 0.3) is 0 Å². The predicted molar refractivity (Wildman–Crippen MR) is 79.3 cm³/mol. The maximum atomic E-state index is 12.1. The van der Waals surface area contributed by atoms with Crippen LogP contribution in [0.3, 0.4) is 0 Å². The highest BCUT2D eigenvalue weighted by Crippen LogP contribution is 2.31. The van der Waals surface area contributed by atoms with Crippen LogP contribution < -0.4 is 15.8 Å². The van der Waals surface area contributed by atoms with Crippen LogP contribution >= 0.6 is 23.2 Å². The van der Waals surface area contributed by atoms with Crippen molar-refractivity contribution in [3.8, 4) is 0 Å². The van der Waals surface area contributed by atoms with E-state index < -0.39 is 22.5 Å². The second-order valence-corrected chi connectivity index (χ2v) is 6.88. The van der Waals surface area contributed by atoms with Gasteiger partial charge in [0.15, 0.2) is 0 Å². The number of anilines is 1. The molecule has 4 N–H and O–H groups in total. The number of carbonyl (C=O) groups is 1. The van der Waals surface area contributed by atoms with Gasteiger partial charge in [-0.15, -0.1) is 0 Å². The van der Waals surface area contributed by atoms with Gasteiger partial charge >= 0.3 is 0 Å². The summed E-state index contributed by atoms with van der Waals surface area (Å²) in [5.74, 6) is -0.453. The molecule has 0 atom stereocenters. The minimum atomic E-state index is -4.00. The molecule has 1 aromatic carbocycles. The van der Waals surface area contributed by atoms with Gasteiger partial charge in [-0.05, 0) is 26.0 Å². The Kier molecular flexibility index (Phi) is 5.64. The molecule has 0 unspecified atom stereocenters. The minimum absolute atomic E-state index is 0.0873. The SMILES string of the molecule is CC(C)NC(=O)CNS(=O)(=O)c1c(Cl)cc(N)cc1Cl. The third-order valence-corrected chi connectivity index (χ3v) is 4.48. The van der Waals surface area contributed by atoms with Gasteiger partial charge in [0.1, 0.15) is 4.90 Å². The maximum Gasteiger partial charge on any atom is 0.244 e. The topological polar surface area (TPSA) is 101 Å². The summed E-state index contributed by atoms with van der Waals surface area (Å²) in [4.78, 5) is 11.1. The minimum Gasteiger partial charge on any atom is -0.399 e. The van der Waals surface area contributed by atoms with E-state index in [0.717, 1.165) is 0 Å². The number of nitrogens with one attached hydrogen (secondary N) is 2. The van der Waals surface area contributed by atoms with Crippen molar-refractivity contribution in [1.29, 1.82) is 0 Å². The van der Waals surface area contributed by atoms with Crippen molar-refractivity contribution >= 4 is 44.8 Å². The van der Waals surface area contributed by atoms with E-state index in [1.54, 1.807) is 13.8 Å². The number of carbonyl (C=O) groups excluding carboxylic acids is 1. The summed E-state index contributed by atoms with van der Waals surface area (Å²) in [6, 6.07) is 2.46. The maximum absolute atomic E-state index is 12.1. The predicted octanol–water partition coefficient (Wildman–Crippen LogP) is 1.38. The first-order chi connectivity index (χ1) is 9.13. The summed E-state index contributed by atoms with van der Waals surface area (Å²) in [6.45, 7) is 3.12. The number of rotatable bonds is 5. The first kappa shape index (κ1) is 17.0. The Balaban J connectivity index is 2.93. The van der Waals surface area contributed by atoms with Crippen molar-refractivity contribution in [1.82, 2.24) is 10.0 Å². The second-order valence-electron chi connectivity index (χ2n) is 4.36. The van der Waals surface area contributed by atoms with E-state index >= 15 is 0 Å². The molecule has 112 valence electrons. The quantitative estimate of drug-likeness (QED) is 0.705. The molecule has 6 nitrogen and oxygen atoms in total. The zero-order chi connectivity index (χ0) is 15.5. The molecule has 0 spiro atoms.